The molecule has 0 atom stereocenters. The topological polar surface area (TPSA) is 64.1 Å². The predicted molar refractivity (Wildman–Crippen MR) is 116 cm³/mol. The number of carbonyl (C=O) groups excluding carboxylic acids is 1. The molecule has 1 aliphatic rings. The zero-order chi connectivity index (χ0) is 20.5. The Balaban J connectivity index is 1.59. The van der Waals surface area contributed by atoms with Crippen LogP contribution in [0.5, 0.6) is 0 Å². The molecule has 5 heteroatoms. The Morgan fingerprint density at radius 3 is 2.80 bits per heavy atom. The quantitative estimate of drug-likeness (QED) is 0.466. The van der Waals surface area contributed by atoms with Gasteiger partial charge in [-0.2, -0.15) is 0 Å². The number of ether oxygens (including phenoxy) is 1. The highest BCUT2D eigenvalue weighted by Crippen LogP contribution is 2.41. The minimum absolute atomic E-state index is 0.399. The van der Waals surface area contributed by atoms with Gasteiger partial charge >= 0.3 is 5.97 Å². The molecule has 146 valence electrons. The van der Waals surface area contributed by atoms with Crippen LogP contribution in [0.15, 0.2) is 60.9 Å². The summed E-state index contributed by atoms with van der Waals surface area (Å²) in [4.78, 5) is 21.5. The summed E-state index contributed by atoms with van der Waals surface area (Å²) in [5, 5.41) is 5.29. The number of carbonyl (C=O) groups is 1. The van der Waals surface area contributed by atoms with Gasteiger partial charge in [0.25, 0.3) is 0 Å². The van der Waals surface area contributed by atoms with Gasteiger partial charge in [0.1, 0.15) is 11.4 Å². The van der Waals surface area contributed by atoms with Crippen molar-refractivity contribution in [2.45, 2.75) is 18.8 Å². The van der Waals surface area contributed by atoms with Crippen molar-refractivity contribution in [2.75, 3.05) is 12.4 Å². The standard InChI is InChI=1S/C25H19N3O2/c1-30-25(29)21-14-18(16-10-11-16)15-27-24(21)28-22-9-5-8-20-19(22)12-13-26-23(20)17-6-3-2-4-7-17/h2-3,5-6,8-9,12-16H,10-11H2,1H3,(H,27,28). The van der Waals surface area contributed by atoms with Crippen molar-refractivity contribution in [1.82, 2.24) is 9.97 Å². The van der Waals surface area contributed by atoms with Crippen molar-refractivity contribution in [3.05, 3.63) is 84.2 Å². The highest BCUT2D eigenvalue weighted by Gasteiger charge is 2.26. The molecule has 1 fully saturated rings. The number of nitrogens with one attached hydrogen (secondary N) is 1. The van der Waals surface area contributed by atoms with Gasteiger partial charge in [0.15, 0.2) is 0 Å². The lowest BCUT2D eigenvalue weighted by atomic mass is 10.0. The van der Waals surface area contributed by atoms with Gasteiger partial charge in [-0.1, -0.05) is 30.3 Å². The number of hydrogen-bond donors (Lipinski definition) is 1. The summed E-state index contributed by atoms with van der Waals surface area (Å²) in [7, 11) is 1.39. The van der Waals surface area contributed by atoms with Gasteiger partial charge in [-0.3, -0.25) is 4.98 Å². The summed E-state index contributed by atoms with van der Waals surface area (Å²) in [6.45, 7) is 0. The van der Waals surface area contributed by atoms with Crippen LogP contribution in [0.25, 0.3) is 22.0 Å². The number of fused-ring (bicyclic) bond motifs is 1. The first kappa shape index (κ1) is 18.1. The zero-order valence-electron chi connectivity index (χ0n) is 16.5. The first-order valence-corrected chi connectivity index (χ1v) is 9.86. The van der Waals surface area contributed by atoms with Crippen molar-refractivity contribution in [3.8, 4) is 11.3 Å². The van der Waals surface area contributed by atoms with Gasteiger partial charge in [-0.25, -0.2) is 9.78 Å². The number of rotatable bonds is 5. The van der Waals surface area contributed by atoms with Crippen molar-refractivity contribution in [2.24, 2.45) is 0 Å². The molecule has 0 radical (unpaired) electrons. The molecule has 0 unspecified atom stereocenters. The molecule has 30 heavy (non-hydrogen) atoms. The van der Waals surface area contributed by atoms with E-state index in [1.54, 1.807) is 6.20 Å². The number of pyridine rings is 2. The van der Waals surface area contributed by atoms with E-state index < -0.39 is 5.97 Å². The molecule has 5 rings (SSSR count). The van der Waals surface area contributed by atoms with Crippen LogP contribution in [0, 0.1) is 12.1 Å². The minimum Gasteiger partial charge on any atom is -0.465 e. The Morgan fingerprint density at radius 2 is 2.03 bits per heavy atom. The molecule has 1 N–H and O–H groups in total. The monoisotopic (exact) mass is 393 g/mol. The lowest BCUT2D eigenvalue weighted by Gasteiger charge is -2.14. The maximum Gasteiger partial charge on any atom is 0.341 e. The van der Waals surface area contributed by atoms with Crippen LogP contribution in [-0.2, 0) is 4.74 Å². The van der Waals surface area contributed by atoms with Gasteiger partial charge in [0, 0.05) is 28.9 Å². The van der Waals surface area contributed by atoms with Crippen LogP contribution in [0.3, 0.4) is 0 Å². The Labute approximate surface area is 174 Å². The van der Waals surface area contributed by atoms with E-state index in [0.717, 1.165) is 46.1 Å². The minimum atomic E-state index is -0.399. The molecule has 1 aliphatic carbocycles. The maximum absolute atomic E-state index is 12.4. The summed E-state index contributed by atoms with van der Waals surface area (Å²) in [6, 6.07) is 21.6. The molecule has 0 amide bonds. The van der Waals surface area contributed by atoms with Crippen LogP contribution in [0.4, 0.5) is 11.5 Å². The molecule has 0 aliphatic heterocycles. The summed E-state index contributed by atoms with van der Waals surface area (Å²) in [5.41, 5.74) is 4.08. The van der Waals surface area contributed by atoms with Crippen molar-refractivity contribution in [3.63, 3.8) is 0 Å². The Hall–Kier alpha value is -3.91. The summed E-state index contributed by atoms with van der Waals surface area (Å²) >= 11 is 0. The number of nitrogens with zero attached hydrogens (tertiary/aromatic N) is 2. The number of anilines is 2. The second kappa shape index (κ2) is 7.49. The Kier molecular flexibility index (Phi) is 4.53. The highest BCUT2D eigenvalue weighted by molar-refractivity contribution is 6.03. The molecule has 0 bridgehead atoms. The molecular formula is C25H19N3O2. The van der Waals surface area contributed by atoms with E-state index in [-0.39, 0.29) is 0 Å². The molecule has 2 aromatic carbocycles. The normalized spacial score (nSPS) is 13.0. The van der Waals surface area contributed by atoms with Crippen LogP contribution in [0.2, 0.25) is 0 Å². The SMILES string of the molecule is COC(=O)c1cc(C2CC2)cnc1Nc1cccc2c(-c3c#cccc3)nccc12. The molecule has 2 aromatic heterocycles. The van der Waals surface area contributed by atoms with E-state index in [1.165, 1.54) is 7.11 Å². The second-order valence-electron chi connectivity index (χ2n) is 7.32. The number of hydrogen-bond acceptors (Lipinski definition) is 5. The predicted octanol–water partition coefficient (Wildman–Crippen LogP) is 5.30. The van der Waals surface area contributed by atoms with E-state index in [9.17, 15) is 4.79 Å². The lowest BCUT2D eigenvalue weighted by Crippen LogP contribution is -2.08. The third-order valence-electron chi connectivity index (χ3n) is 5.33. The van der Waals surface area contributed by atoms with Crippen LogP contribution < -0.4 is 5.32 Å². The van der Waals surface area contributed by atoms with Crippen molar-refractivity contribution < 1.29 is 9.53 Å². The zero-order valence-corrected chi connectivity index (χ0v) is 16.5. The smallest absolute Gasteiger partial charge is 0.341 e. The Morgan fingerprint density at radius 1 is 1.13 bits per heavy atom. The number of benzene rings is 1. The lowest BCUT2D eigenvalue weighted by molar-refractivity contribution is 0.0601. The summed E-state index contributed by atoms with van der Waals surface area (Å²) < 4.78 is 5.00. The first-order valence-electron chi connectivity index (χ1n) is 9.86. The second-order valence-corrected chi connectivity index (χ2v) is 7.32. The molecule has 5 nitrogen and oxygen atoms in total. The molecule has 2 heterocycles. The third-order valence-corrected chi connectivity index (χ3v) is 5.33. The number of aromatic nitrogens is 2. The van der Waals surface area contributed by atoms with Crippen molar-refractivity contribution in [1.29, 1.82) is 0 Å². The van der Waals surface area contributed by atoms with Crippen LogP contribution >= 0.6 is 0 Å². The van der Waals surface area contributed by atoms with E-state index in [2.05, 4.69) is 27.4 Å². The van der Waals surface area contributed by atoms with Crippen molar-refractivity contribution >= 4 is 28.2 Å². The first-order chi connectivity index (χ1) is 14.7. The molecule has 0 spiro atoms. The van der Waals surface area contributed by atoms with Crippen LogP contribution in [0.1, 0.15) is 34.7 Å². The van der Waals surface area contributed by atoms with Gasteiger partial charge in [0.2, 0.25) is 0 Å². The fourth-order valence-corrected chi connectivity index (χ4v) is 3.64. The largest absolute Gasteiger partial charge is 0.465 e. The fraction of sp³-hybridized carbons (Fsp3) is 0.160. The molecular weight excluding hydrogens is 374 g/mol. The molecule has 0 saturated heterocycles. The molecule has 1 saturated carbocycles. The Bertz CT molecular complexity index is 1230. The third kappa shape index (κ3) is 3.33. The highest BCUT2D eigenvalue weighted by atomic mass is 16.5. The van der Waals surface area contributed by atoms with E-state index in [1.807, 2.05) is 54.7 Å². The average Bonchev–Trinajstić information content (AvgIpc) is 3.65. The van der Waals surface area contributed by atoms with E-state index in [4.69, 9.17) is 4.74 Å². The van der Waals surface area contributed by atoms with Gasteiger partial charge in [-0.15, -0.1) is 0 Å². The van der Waals surface area contributed by atoms with E-state index in [0.29, 0.717) is 17.3 Å². The number of esters is 1. The summed E-state index contributed by atoms with van der Waals surface area (Å²) in [6.07, 6.45) is 5.90. The van der Waals surface area contributed by atoms with E-state index >= 15 is 0 Å². The van der Waals surface area contributed by atoms with Gasteiger partial charge < -0.3 is 10.1 Å². The van der Waals surface area contributed by atoms with Gasteiger partial charge in [-0.05, 0) is 54.7 Å². The van der Waals surface area contributed by atoms with Gasteiger partial charge in [0.05, 0.1) is 18.4 Å². The number of methoxy groups -OCH3 is 1. The van der Waals surface area contributed by atoms with Crippen LogP contribution in [-0.4, -0.2) is 23.0 Å². The fourth-order valence-electron chi connectivity index (χ4n) is 3.64. The summed E-state index contributed by atoms with van der Waals surface area (Å²) in [5.74, 6) is 0.585. The maximum atomic E-state index is 12.4. The average molecular weight is 393 g/mol. The molecule has 4 aromatic rings.